The normalized spacial score (nSPS) is 12.8. The third kappa shape index (κ3) is 6.03. The first-order valence-corrected chi connectivity index (χ1v) is 10.5. The van der Waals surface area contributed by atoms with E-state index >= 15 is 0 Å². The van der Waals surface area contributed by atoms with Gasteiger partial charge in [0.2, 0.25) is 20.0 Å². The molecule has 9 heteroatoms. The van der Waals surface area contributed by atoms with Gasteiger partial charge < -0.3 is 0 Å². The summed E-state index contributed by atoms with van der Waals surface area (Å²) < 4.78 is 51.3. The summed E-state index contributed by atoms with van der Waals surface area (Å²) in [5, 5.41) is 0. The highest BCUT2D eigenvalue weighted by atomic mass is 79.9. The number of nitrogens with one attached hydrogen (secondary N) is 1. The van der Waals surface area contributed by atoms with E-state index in [4.69, 9.17) is 0 Å². The van der Waals surface area contributed by atoms with Crippen LogP contribution in [0.2, 0.25) is 0 Å². The molecule has 1 aromatic rings. The number of halogens is 1. The Morgan fingerprint density at radius 1 is 1.24 bits per heavy atom. The van der Waals surface area contributed by atoms with Crippen LogP contribution in [0.5, 0.6) is 0 Å². The summed E-state index contributed by atoms with van der Waals surface area (Å²) in [5.74, 6) is 0. The van der Waals surface area contributed by atoms with Crippen LogP contribution >= 0.6 is 15.9 Å². The van der Waals surface area contributed by atoms with Gasteiger partial charge in [0.15, 0.2) is 0 Å². The Labute approximate surface area is 134 Å². The van der Waals surface area contributed by atoms with Crippen molar-refractivity contribution < 1.29 is 16.8 Å². The van der Waals surface area contributed by atoms with E-state index in [1.165, 1.54) is 16.4 Å². The van der Waals surface area contributed by atoms with E-state index in [0.29, 0.717) is 17.4 Å². The molecule has 1 N–H and O–H groups in total. The molecule has 0 aliphatic carbocycles. The van der Waals surface area contributed by atoms with Crippen LogP contribution in [-0.2, 0) is 20.0 Å². The van der Waals surface area contributed by atoms with Crippen molar-refractivity contribution in [2.24, 2.45) is 0 Å². The van der Waals surface area contributed by atoms with Gasteiger partial charge in [0.1, 0.15) is 0 Å². The van der Waals surface area contributed by atoms with Crippen molar-refractivity contribution in [3.05, 3.63) is 28.7 Å². The molecule has 0 fully saturated rings. The van der Waals surface area contributed by atoms with Gasteiger partial charge in [-0.2, -0.15) is 0 Å². The summed E-state index contributed by atoms with van der Waals surface area (Å²) in [6.45, 7) is 2.58. The molecule has 0 aliphatic heterocycles. The summed E-state index contributed by atoms with van der Waals surface area (Å²) in [6, 6.07) is 6.39. The highest BCUT2D eigenvalue weighted by Gasteiger charge is 2.16. The largest absolute Gasteiger partial charge is 0.240 e. The van der Waals surface area contributed by atoms with Crippen molar-refractivity contribution in [1.29, 1.82) is 0 Å². The van der Waals surface area contributed by atoms with Crippen molar-refractivity contribution in [3.8, 4) is 0 Å². The standard InChI is InChI=1S/C12H19BrN2O4S2/c1-3-15(20(2,16)17)9-5-8-14-21(18,19)12-7-4-6-11(13)10-12/h4,6-7,10,14H,3,5,8-9H2,1-2H3. The number of benzene rings is 1. The SMILES string of the molecule is CCN(CCCNS(=O)(=O)c1cccc(Br)c1)S(C)(=O)=O. The molecule has 0 aliphatic rings. The Balaban J connectivity index is 2.56. The van der Waals surface area contributed by atoms with Crippen molar-refractivity contribution in [3.63, 3.8) is 0 Å². The van der Waals surface area contributed by atoms with E-state index in [1.807, 2.05) is 0 Å². The number of nitrogens with zero attached hydrogens (tertiary/aromatic N) is 1. The summed E-state index contributed by atoms with van der Waals surface area (Å²) >= 11 is 3.22. The second-order valence-electron chi connectivity index (χ2n) is 4.46. The zero-order chi connectivity index (χ0) is 16.1. The molecule has 0 aromatic heterocycles. The molecule has 0 spiro atoms. The lowest BCUT2D eigenvalue weighted by Crippen LogP contribution is -2.33. The third-order valence-electron chi connectivity index (χ3n) is 2.80. The first kappa shape index (κ1) is 18.6. The maximum Gasteiger partial charge on any atom is 0.240 e. The van der Waals surface area contributed by atoms with Gasteiger partial charge in [0.25, 0.3) is 0 Å². The zero-order valence-corrected chi connectivity index (χ0v) is 15.1. The lowest BCUT2D eigenvalue weighted by molar-refractivity contribution is 0.424. The van der Waals surface area contributed by atoms with Crippen molar-refractivity contribution in [2.75, 3.05) is 25.9 Å². The maximum absolute atomic E-state index is 12.0. The number of hydrogen-bond acceptors (Lipinski definition) is 4. The van der Waals surface area contributed by atoms with Gasteiger partial charge in [-0.25, -0.2) is 25.9 Å². The Kier molecular flexibility index (Phi) is 6.79. The van der Waals surface area contributed by atoms with E-state index in [-0.39, 0.29) is 18.0 Å². The second-order valence-corrected chi connectivity index (χ2v) is 9.13. The van der Waals surface area contributed by atoms with Crippen molar-refractivity contribution >= 4 is 36.0 Å². The van der Waals surface area contributed by atoms with Crippen molar-refractivity contribution in [2.45, 2.75) is 18.2 Å². The minimum atomic E-state index is -3.57. The van der Waals surface area contributed by atoms with Gasteiger partial charge in [-0.15, -0.1) is 0 Å². The molecule has 0 unspecified atom stereocenters. The number of hydrogen-bond donors (Lipinski definition) is 1. The van der Waals surface area contributed by atoms with Gasteiger partial charge in [-0.05, 0) is 24.6 Å². The van der Waals surface area contributed by atoms with Gasteiger partial charge in [-0.1, -0.05) is 28.9 Å². The van der Waals surface area contributed by atoms with E-state index in [0.717, 1.165) is 6.26 Å². The van der Waals surface area contributed by atoms with Crippen LogP contribution in [0.1, 0.15) is 13.3 Å². The number of rotatable bonds is 8. The maximum atomic E-state index is 12.0. The predicted octanol–water partition coefficient (Wildman–Crippen LogP) is 1.40. The lowest BCUT2D eigenvalue weighted by Gasteiger charge is -2.17. The fourth-order valence-electron chi connectivity index (χ4n) is 1.74. The fourth-order valence-corrected chi connectivity index (χ4v) is 4.34. The van der Waals surface area contributed by atoms with Gasteiger partial charge in [0.05, 0.1) is 11.2 Å². The van der Waals surface area contributed by atoms with E-state index in [1.54, 1.807) is 19.1 Å². The molecule has 0 saturated carbocycles. The topological polar surface area (TPSA) is 83.6 Å². The molecular formula is C12H19BrN2O4S2. The highest BCUT2D eigenvalue weighted by molar-refractivity contribution is 9.10. The van der Waals surface area contributed by atoms with Crippen LogP contribution in [0.15, 0.2) is 33.6 Å². The first-order chi connectivity index (χ1) is 9.66. The lowest BCUT2D eigenvalue weighted by atomic mass is 10.4. The quantitative estimate of drug-likeness (QED) is 0.670. The van der Waals surface area contributed by atoms with Crippen LogP contribution in [0.25, 0.3) is 0 Å². The van der Waals surface area contributed by atoms with Crippen LogP contribution in [0.3, 0.4) is 0 Å². The average Bonchev–Trinajstić information content (AvgIpc) is 2.37. The van der Waals surface area contributed by atoms with E-state index in [9.17, 15) is 16.8 Å². The molecule has 1 rings (SSSR count). The first-order valence-electron chi connectivity index (χ1n) is 6.37. The monoisotopic (exact) mass is 398 g/mol. The smallest absolute Gasteiger partial charge is 0.213 e. The molecular weight excluding hydrogens is 380 g/mol. The number of sulfonamides is 2. The summed E-state index contributed by atoms with van der Waals surface area (Å²) in [7, 11) is -6.81. The van der Waals surface area contributed by atoms with Crippen LogP contribution in [-0.4, -0.2) is 47.0 Å². The third-order valence-corrected chi connectivity index (χ3v) is 6.14. The molecule has 0 amide bonds. The molecule has 0 bridgehead atoms. The van der Waals surface area contributed by atoms with Crippen molar-refractivity contribution in [1.82, 2.24) is 9.03 Å². The molecule has 6 nitrogen and oxygen atoms in total. The molecule has 21 heavy (non-hydrogen) atoms. The Hall–Kier alpha value is -0.480. The molecule has 0 heterocycles. The molecule has 0 atom stereocenters. The molecule has 120 valence electrons. The molecule has 0 radical (unpaired) electrons. The van der Waals surface area contributed by atoms with Gasteiger partial charge in [0, 0.05) is 24.1 Å². The zero-order valence-electron chi connectivity index (χ0n) is 11.9. The summed E-state index contributed by atoms with van der Waals surface area (Å²) in [4.78, 5) is 0.173. The summed E-state index contributed by atoms with van der Waals surface area (Å²) in [5.41, 5.74) is 0. The van der Waals surface area contributed by atoms with E-state index < -0.39 is 20.0 Å². The Morgan fingerprint density at radius 2 is 1.90 bits per heavy atom. The second kappa shape index (κ2) is 7.68. The van der Waals surface area contributed by atoms with Gasteiger partial charge >= 0.3 is 0 Å². The van der Waals surface area contributed by atoms with Crippen LogP contribution in [0, 0.1) is 0 Å². The highest BCUT2D eigenvalue weighted by Crippen LogP contribution is 2.15. The minimum absolute atomic E-state index is 0.173. The van der Waals surface area contributed by atoms with Crippen LogP contribution in [0.4, 0.5) is 0 Å². The predicted molar refractivity (Wildman–Crippen MR) is 86.0 cm³/mol. The minimum Gasteiger partial charge on any atom is -0.213 e. The Morgan fingerprint density at radius 3 is 2.43 bits per heavy atom. The fraction of sp³-hybridized carbons (Fsp3) is 0.500. The molecule has 1 aromatic carbocycles. The molecule has 0 saturated heterocycles. The average molecular weight is 399 g/mol. The Bertz CT molecular complexity index is 674. The van der Waals surface area contributed by atoms with E-state index in [2.05, 4.69) is 20.7 Å². The van der Waals surface area contributed by atoms with Gasteiger partial charge in [-0.3, -0.25) is 0 Å². The van der Waals surface area contributed by atoms with Crippen LogP contribution < -0.4 is 4.72 Å². The summed E-state index contributed by atoms with van der Waals surface area (Å²) in [6.07, 6.45) is 1.55.